The van der Waals surface area contributed by atoms with E-state index < -0.39 is 12.0 Å². The summed E-state index contributed by atoms with van der Waals surface area (Å²) in [4.78, 5) is 11.6. The molecule has 0 spiro atoms. The van der Waals surface area contributed by atoms with Crippen molar-refractivity contribution < 1.29 is 9.90 Å². The molecule has 1 atom stereocenters. The van der Waals surface area contributed by atoms with E-state index in [0.29, 0.717) is 0 Å². The predicted molar refractivity (Wildman–Crippen MR) is 112 cm³/mol. The van der Waals surface area contributed by atoms with Crippen LogP contribution in [0.5, 0.6) is 0 Å². The molecule has 0 bridgehead atoms. The Morgan fingerprint density at radius 3 is 2.21 bits per heavy atom. The molecule has 3 rings (SSSR count). The molecule has 146 valence electrons. The second-order valence-electron chi connectivity index (χ2n) is 7.01. The van der Waals surface area contributed by atoms with Crippen LogP contribution in [0.15, 0.2) is 54.7 Å². The Bertz CT molecular complexity index is 920. The van der Waals surface area contributed by atoms with Gasteiger partial charge in [0.05, 0.1) is 11.4 Å². The van der Waals surface area contributed by atoms with E-state index in [-0.39, 0.29) is 0 Å². The molecule has 5 nitrogen and oxygen atoms in total. The van der Waals surface area contributed by atoms with Gasteiger partial charge in [-0.1, -0.05) is 44.9 Å². The number of carboxylic acid groups (broad SMARTS) is 1. The molecule has 0 saturated carbocycles. The van der Waals surface area contributed by atoms with E-state index in [4.69, 9.17) is 10.8 Å². The predicted octanol–water partition coefficient (Wildman–Crippen LogP) is 4.53. The average molecular weight is 377 g/mol. The summed E-state index contributed by atoms with van der Waals surface area (Å²) in [5, 5.41) is 14.2. The maximum Gasteiger partial charge on any atom is 0.325 e. The first-order valence-electron chi connectivity index (χ1n) is 9.80. The van der Waals surface area contributed by atoms with E-state index in [1.54, 1.807) is 0 Å². The van der Waals surface area contributed by atoms with E-state index >= 15 is 0 Å². The van der Waals surface area contributed by atoms with Gasteiger partial charge in [0.1, 0.15) is 6.04 Å². The third-order valence-electron chi connectivity index (χ3n) is 4.87. The summed E-state index contributed by atoms with van der Waals surface area (Å²) < 4.78 is 1.85. The molecule has 1 aromatic heterocycles. The van der Waals surface area contributed by atoms with Gasteiger partial charge in [-0.25, -0.2) is 4.68 Å². The molecule has 0 aliphatic heterocycles. The molecular weight excluding hydrogens is 350 g/mol. The molecule has 0 amide bonds. The van der Waals surface area contributed by atoms with Crippen LogP contribution in [0.25, 0.3) is 16.9 Å². The number of nitrogens with two attached hydrogens (primary N) is 1. The number of hydrogen-bond acceptors (Lipinski definition) is 3. The summed E-state index contributed by atoms with van der Waals surface area (Å²) >= 11 is 0. The fourth-order valence-electron chi connectivity index (χ4n) is 3.60. The molecule has 1 unspecified atom stereocenters. The van der Waals surface area contributed by atoms with Gasteiger partial charge in [-0.3, -0.25) is 4.79 Å². The van der Waals surface area contributed by atoms with Crippen molar-refractivity contribution in [3.05, 3.63) is 71.4 Å². The van der Waals surface area contributed by atoms with Crippen LogP contribution in [0.3, 0.4) is 0 Å². The molecule has 2 aromatic carbocycles. The Morgan fingerprint density at radius 1 is 1.07 bits per heavy atom. The number of rotatable bonds is 8. The quantitative estimate of drug-likeness (QED) is 0.604. The zero-order valence-electron chi connectivity index (χ0n) is 16.4. The number of nitrogens with zero attached hydrogens (tertiary/aromatic N) is 2. The van der Waals surface area contributed by atoms with Crippen molar-refractivity contribution in [1.29, 1.82) is 0 Å². The number of aryl methyl sites for hydroxylation is 2. The summed E-state index contributed by atoms with van der Waals surface area (Å²) in [6.45, 7) is 4.18. The Hall–Kier alpha value is -2.92. The summed E-state index contributed by atoms with van der Waals surface area (Å²) in [5.41, 5.74) is 11.7. The molecule has 0 aliphatic carbocycles. The number of aliphatic carboxylic acids is 1. The smallest absolute Gasteiger partial charge is 0.325 e. The van der Waals surface area contributed by atoms with Crippen LogP contribution < -0.4 is 5.73 Å². The van der Waals surface area contributed by atoms with Crippen molar-refractivity contribution in [2.75, 3.05) is 0 Å². The van der Waals surface area contributed by atoms with E-state index in [1.807, 2.05) is 47.3 Å². The normalized spacial score (nSPS) is 12.1. The minimum atomic E-state index is -1.00. The van der Waals surface area contributed by atoms with Crippen molar-refractivity contribution in [1.82, 2.24) is 9.78 Å². The number of carbonyl (C=O) groups is 1. The van der Waals surface area contributed by atoms with Gasteiger partial charge in [0.2, 0.25) is 0 Å². The second-order valence-corrected chi connectivity index (χ2v) is 7.01. The van der Waals surface area contributed by atoms with Gasteiger partial charge < -0.3 is 10.8 Å². The van der Waals surface area contributed by atoms with Crippen LogP contribution in [0, 0.1) is 0 Å². The number of aromatic nitrogens is 2. The molecule has 3 aromatic rings. The number of hydrogen-bond donors (Lipinski definition) is 2. The van der Waals surface area contributed by atoms with Gasteiger partial charge in [0.25, 0.3) is 0 Å². The minimum Gasteiger partial charge on any atom is -0.480 e. The van der Waals surface area contributed by atoms with Gasteiger partial charge in [0, 0.05) is 11.8 Å². The first kappa shape index (κ1) is 19.8. The number of carboxylic acids is 1. The summed E-state index contributed by atoms with van der Waals surface area (Å²) in [6.07, 6.45) is 5.38. The van der Waals surface area contributed by atoms with E-state index in [1.165, 1.54) is 0 Å². The second kappa shape index (κ2) is 8.85. The summed E-state index contributed by atoms with van der Waals surface area (Å²) in [7, 11) is 0. The highest BCUT2D eigenvalue weighted by molar-refractivity contribution is 5.77. The van der Waals surface area contributed by atoms with Crippen LogP contribution in [0.1, 0.15) is 49.4 Å². The van der Waals surface area contributed by atoms with Crippen LogP contribution >= 0.6 is 0 Å². The summed E-state index contributed by atoms with van der Waals surface area (Å²) in [5.74, 6) is -0.990. The summed E-state index contributed by atoms with van der Waals surface area (Å²) in [6, 6.07) is 15.1. The van der Waals surface area contributed by atoms with Crippen LogP contribution in [0.2, 0.25) is 0 Å². The van der Waals surface area contributed by atoms with Gasteiger partial charge in [-0.15, -0.1) is 0 Å². The monoisotopic (exact) mass is 377 g/mol. The molecule has 3 N–H and O–H groups in total. The zero-order chi connectivity index (χ0) is 20.1. The number of para-hydroxylation sites is 1. The van der Waals surface area contributed by atoms with Crippen LogP contribution in [0.4, 0.5) is 0 Å². The van der Waals surface area contributed by atoms with E-state index in [0.717, 1.165) is 59.3 Å². The Morgan fingerprint density at radius 2 is 1.68 bits per heavy atom. The van der Waals surface area contributed by atoms with Crippen molar-refractivity contribution in [2.45, 2.75) is 45.6 Å². The Kier molecular flexibility index (Phi) is 6.26. The maximum absolute atomic E-state index is 11.6. The molecule has 0 radical (unpaired) electrons. The molecule has 28 heavy (non-hydrogen) atoms. The number of benzene rings is 2. The lowest BCUT2D eigenvalue weighted by molar-refractivity contribution is -0.138. The lowest BCUT2D eigenvalue weighted by Gasteiger charge is -2.19. The standard InChI is InChI=1S/C23H27N3O2/c1-3-8-16-14-18(15-17(9-4-2)21(16)22(24)23(27)28)20-12-13-26(25-20)19-10-6-5-7-11-19/h5-7,10-15,22H,3-4,8-9,24H2,1-2H3,(H,27,28). The lowest BCUT2D eigenvalue weighted by Crippen LogP contribution is -2.24. The van der Waals surface area contributed by atoms with E-state index in [2.05, 4.69) is 26.0 Å². The van der Waals surface area contributed by atoms with Gasteiger partial charge >= 0.3 is 5.97 Å². The van der Waals surface area contributed by atoms with Crippen molar-refractivity contribution in [3.8, 4) is 16.9 Å². The van der Waals surface area contributed by atoms with Crippen molar-refractivity contribution in [2.24, 2.45) is 5.73 Å². The highest BCUT2D eigenvalue weighted by atomic mass is 16.4. The Balaban J connectivity index is 2.09. The van der Waals surface area contributed by atoms with Crippen molar-refractivity contribution >= 4 is 5.97 Å². The fraction of sp³-hybridized carbons (Fsp3) is 0.304. The first-order chi connectivity index (χ1) is 13.5. The molecule has 0 fully saturated rings. The topological polar surface area (TPSA) is 81.1 Å². The zero-order valence-corrected chi connectivity index (χ0v) is 16.4. The van der Waals surface area contributed by atoms with Gasteiger partial charge in [0.15, 0.2) is 0 Å². The SMILES string of the molecule is CCCc1cc(-c2ccn(-c3ccccc3)n2)cc(CCC)c1C(N)C(=O)O. The maximum atomic E-state index is 11.6. The lowest BCUT2D eigenvalue weighted by atomic mass is 9.88. The average Bonchev–Trinajstić information content (AvgIpc) is 3.19. The molecule has 5 heteroatoms. The third-order valence-corrected chi connectivity index (χ3v) is 4.87. The Labute approximate surface area is 165 Å². The third kappa shape index (κ3) is 4.15. The molecular formula is C23H27N3O2. The first-order valence-corrected chi connectivity index (χ1v) is 9.80. The minimum absolute atomic E-state index is 0.766. The largest absolute Gasteiger partial charge is 0.480 e. The molecule has 0 saturated heterocycles. The molecule has 0 aliphatic rings. The van der Waals surface area contributed by atoms with Crippen LogP contribution in [-0.2, 0) is 17.6 Å². The van der Waals surface area contributed by atoms with E-state index in [9.17, 15) is 9.90 Å². The fourth-order valence-corrected chi connectivity index (χ4v) is 3.60. The highest BCUT2D eigenvalue weighted by Gasteiger charge is 2.22. The highest BCUT2D eigenvalue weighted by Crippen LogP contribution is 2.30. The van der Waals surface area contributed by atoms with Gasteiger partial charge in [-0.2, -0.15) is 5.10 Å². The van der Waals surface area contributed by atoms with Gasteiger partial charge in [-0.05, 0) is 59.9 Å². The van der Waals surface area contributed by atoms with Crippen LogP contribution in [-0.4, -0.2) is 20.9 Å². The van der Waals surface area contributed by atoms with Crippen molar-refractivity contribution in [3.63, 3.8) is 0 Å². The molecule has 1 heterocycles.